The summed E-state index contributed by atoms with van der Waals surface area (Å²) >= 11 is 1.76. The Morgan fingerprint density at radius 3 is 2.97 bits per heavy atom. The summed E-state index contributed by atoms with van der Waals surface area (Å²) in [4.78, 5) is 10.4. The standard InChI is InChI=1S/C27H33N5O2S/c1-7-8-11-35-26-13-23(10-9-18(26)2)25-12-24(16-33-25)21(5)30-34-20(4)15-31-17-29-32-27(22(31)6)19(3)14-28-32/h8-11,13-14,17,24-25H,4,6-7,12,15-16H2,1-3,5H3/b11-8+,30-21+/t24-,25+/m0/s1. The summed E-state index contributed by atoms with van der Waals surface area (Å²) in [5.41, 5.74) is 6.09. The van der Waals surface area contributed by atoms with E-state index in [1.165, 1.54) is 16.0 Å². The first kappa shape index (κ1) is 25.0. The predicted molar refractivity (Wildman–Crippen MR) is 143 cm³/mol. The van der Waals surface area contributed by atoms with E-state index in [1.807, 2.05) is 18.7 Å². The summed E-state index contributed by atoms with van der Waals surface area (Å²) < 4.78 is 6.14. The Morgan fingerprint density at radius 2 is 2.17 bits per heavy atom. The Kier molecular flexibility index (Phi) is 7.93. The van der Waals surface area contributed by atoms with Crippen molar-refractivity contribution in [3.8, 4) is 0 Å². The molecule has 0 saturated carbocycles. The molecule has 0 aliphatic carbocycles. The van der Waals surface area contributed by atoms with Crippen LogP contribution in [0.25, 0.3) is 5.70 Å². The molecule has 2 atom stereocenters. The fourth-order valence-corrected chi connectivity index (χ4v) is 4.94. The summed E-state index contributed by atoms with van der Waals surface area (Å²) in [6.07, 6.45) is 7.60. The first-order valence-electron chi connectivity index (χ1n) is 11.9. The van der Waals surface area contributed by atoms with Gasteiger partial charge in [-0.15, -0.1) is 9.89 Å². The number of fused-ring (bicyclic) bond motifs is 1. The number of oxime groups is 1. The van der Waals surface area contributed by atoms with Crippen LogP contribution in [0.4, 0.5) is 0 Å². The minimum absolute atomic E-state index is 0.0597. The number of allylic oxidation sites excluding steroid dienone is 1. The number of hydrogen-bond acceptors (Lipinski definition) is 7. The SMILES string of the molecule is C=C(CN1C=Nn2ncc(C)c2C1=C)O/N=C(\C)[C@@H]1CO[C@@H](c2ccc(C)c(S/C=C/CC)c2)C1. The molecule has 7 nitrogen and oxygen atoms in total. The summed E-state index contributed by atoms with van der Waals surface area (Å²) in [5.74, 6) is 0.715. The number of benzene rings is 1. The van der Waals surface area contributed by atoms with Crippen molar-refractivity contribution >= 4 is 29.5 Å². The number of hydrogen-bond donors (Lipinski definition) is 0. The lowest BCUT2D eigenvalue weighted by Gasteiger charge is -2.25. The van der Waals surface area contributed by atoms with E-state index in [-0.39, 0.29) is 12.0 Å². The molecule has 0 N–H and O–H groups in total. The number of nitrogens with zero attached hydrogens (tertiary/aromatic N) is 5. The molecule has 1 aromatic heterocycles. The van der Waals surface area contributed by atoms with Gasteiger partial charge in [-0.05, 0) is 61.8 Å². The maximum Gasteiger partial charge on any atom is 0.147 e. The molecule has 0 amide bonds. The Labute approximate surface area is 211 Å². The van der Waals surface area contributed by atoms with Gasteiger partial charge in [0.2, 0.25) is 0 Å². The average Bonchev–Trinajstić information content (AvgIpc) is 3.48. The minimum atomic E-state index is 0.0597. The van der Waals surface area contributed by atoms with E-state index in [9.17, 15) is 0 Å². The van der Waals surface area contributed by atoms with Gasteiger partial charge in [-0.1, -0.05) is 55.2 Å². The normalized spacial score (nSPS) is 20.1. The molecule has 2 aromatic rings. The molecule has 2 aliphatic rings. The van der Waals surface area contributed by atoms with E-state index in [2.05, 4.69) is 72.0 Å². The molecule has 0 spiro atoms. The fraction of sp³-hybridized carbons (Fsp3) is 0.370. The molecule has 35 heavy (non-hydrogen) atoms. The second-order valence-corrected chi connectivity index (χ2v) is 9.86. The lowest BCUT2D eigenvalue weighted by molar-refractivity contribution is 0.109. The molecule has 0 radical (unpaired) electrons. The van der Waals surface area contributed by atoms with Crippen LogP contribution in [0.2, 0.25) is 0 Å². The van der Waals surface area contributed by atoms with Gasteiger partial charge in [0.25, 0.3) is 0 Å². The maximum atomic E-state index is 6.14. The molecule has 1 saturated heterocycles. The quantitative estimate of drug-likeness (QED) is 0.179. The smallest absolute Gasteiger partial charge is 0.147 e. The van der Waals surface area contributed by atoms with Crippen LogP contribution in [-0.4, -0.2) is 40.0 Å². The molecule has 2 aliphatic heterocycles. The van der Waals surface area contributed by atoms with Crippen LogP contribution in [0.15, 0.2) is 69.9 Å². The maximum absolute atomic E-state index is 6.14. The van der Waals surface area contributed by atoms with Gasteiger partial charge in [-0.2, -0.15) is 5.10 Å². The Balaban J connectivity index is 1.32. The predicted octanol–water partition coefficient (Wildman–Crippen LogP) is 6.28. The fourth-order valence-electron chi connectivity index (χ4n) is 4.04. The number of aryl methyl sites for hydroxylation is 2. The summed E-state index contributed by atoms with van der Waals surface area (Å²) in [5, 5.41) is 15.1. The molecule has 0 bridgehead atoms. The first-order valence-corrected chi connectivity index (χ1v) is 12.7. The molecule has 1 aromatic carbocycles. The van der Waals surface area contributed by atoms with E-state index < -0.39 is 0 Å². The van der Waals surface area contributed by atoms with Crippen LogP contribution < -0.4 is 0 Å². The van der Waals surface area contributed by atoms with Crippen molar-refractivity contribution in [2.45, 2.75) is 51.5 Å². The minimum Gasteiger partial charge on any atom is -0.373 e. The largest absolute Gasteiger partial charge is 0.373 e. The molecule has 184 valence electrons. The van der Waals surface area contributed by atoms with Crippen molar-refractivity contribution in [2.75, 3.05) is 13.2 Å². The summed E-state index contributed by atoms with van der Waals surface area (Å²) in [6, 6.07) is 6.59. The number of rotatable bonds is 9. The lowest BCUT2D eigenvalue weighted by atomic mass is 9.97. The van der Waals surface area contributed by atoms with Crippen LogP contribution in [0.5, 0.6) is 0 Å². The van der Waals surface area contributed by atoms with Crippen molar-refractivity contribution < 1.29 is 9.57 Å². The summed E-state index contributed by atoms with van der Waals surface area (Å²) in [6.45, 7) is 17.5. The van der Waals surface area contributed by atoms with Gasteiger partial charge in [0.15, 0.2) is 0 Å². The highest BCUT2D eigenvalue weighted by Crippen LogP contribution is 2.36. The van der Waals surface area contributed by atoms with Gasteiger partial charge < -0.3 is 14.5 Å². The third-order valence-electron chi connectivity index (χ3n) is 6.22. The second-order valence-electron chi connectivity index (χ2n) is 8.91. The lowest BCUT2D eigenvalue weighted by Crippen LogP contribution is -2.28. The molecule has 0 unspecified atom stereocenters. The Hall–Kier alpha value is -3.10. The Morgan fingerprint density at radius 1 is 1.34 bits per heavy atom. The molecule has 1 fully saturated rings. The van der Waals surface area contributed by atoms with E-state index in [0.29, 0.717) is 18.9 Å². The van der Waals surface area contributed by atoms with Crippen molar-refractivity contribution in [1.29, 1.82) is 0 Å². The van der Waals surface area contributed by atoms with Gasteiger partial charge in [0.1, 0.15) is 17.8 Å². The van der Waals surface area contributed by atoms with Gasteiger partial charge >= 0.3 is 0 Å². The van der Waals surface area contributed by atoms with Gasteiger partial charge in [0, 0.05) is 10.8 Å². The van der Waals surface area contributed by atoms with Gasteiger partial charge in [-0.25, -0.2) is 0 Å². The van der Waals surface area contributed by atoms with E-state index >= 15 is 0 Å². The second kappa shape index (κ2) is 11.1. The topological polar surface area (TPSA) is 64.2 Å². The van der Waals surface area contributed by atoms with Crippen LogP contribution in [0.3, 0.4) is 0 Å². The molecule has 8 heteroatoms. The molecular formula is C27H33N5O2S. The van der Waals surface area contributed by atoms with E-state index in [0.717, 1.165) is 35.5 Å². The highest BCUT2D eigenvalue weighted by atomic mass is 32.2. The monoisotopic (exact) mass is 491 g/mol. The number of ether oxygens (including phenoxy) is 1. The number of aromatic nitrogens is 2. The third-order valence-corrected chi connectivity index (χ3v) is 7.24. The van der Waals surface area contributed by atoms with Crippen LogP contribution >= 0.6 is 11.8 Å². The molecule has 4 rings (SSSR count). The third kappa shape index (κ3) is 5.77. The van der Waals surface area contributed by atoms with E-state index in [4.69, 9.17) is 9.57 Å². The highest BCUT2D eigenvalue weighted by Gasteiger charge is 2.29. The first-order chi connectivity index (χ1) is 16.9. The Bertz CT molecular complexity index is 1200. The van der Waals surface area contributed by atoms with Crippen LogP contribution in [-0.2, 0) is 9.57 Å². The van der Waals surface area contributed by atoms with Crippen molar-refractivity contribution in [2.24, 2.45) is 16.2 Å². The zero-order chi connectivity index (χ0) is 24.9. The summed E-state index contributed by atoms with van der Waals surface area (Å²) in [7, 11) is 0. The van der Waals surface area contributed by atoms with Crippen LogP contribution in [0.1, 0.15) is 55.2 Å². The van der Waals surface area contributed by atoms with Crippen LogP contribution in [0, 0.1) is 19.8 Å². The van der Waals surface area contributed by atoms with Gasteiger partial charge in [0.05, 0.1) is 36.9 Å². The highest BCUT2D eigenvalue weighted by molar-refractivity contribution is 8.02. The van der Waals surface area contributed by atoms with Gasteiger partial charge in [-0.3, -0.25) is 0 Å². The molecule has 3 heterocycles. The average molecular weight is 492 g/mol. The van der Waals surface area contributed by atoms with Crippen molar-refractivity contribution in [1.82, 2.24) is 14.8 Å². The van der Waals surface area contributed by atoms with Crippen molar-refractivity contribution in [3.63, 3.8) is 0 Å². The number of thioether (sulfide) groups is 1. The van der Waals surface area contributed by atoms with E-state index in [1.54, 1.807) is 29.1 Å². The molecular weight excluding hydrogens is 458 g/mol. The zero-order valence-corrected chi connectivity index (χ0v) is 21.7. The van der Waals surface area contributed by atoms with Crippen molar-refractivity contribution in [3.05, 3.63) is 77.2 Å². The zero-order valence-electron chi connectivity index (χ0n) is 20.9.